The Kier molecular flexibility index (Phi) is 3.95. The van der Waals surface area contributed by atoms with Crippen LogP contribution in [0.2, 0.25) is 0 Å². The van der Waals surface area contributed by atoms with Crippen molar-refractivity contribution in [2.24, 2.45) is 0 Å². The van der Waals surface area contributed by atoms with E-state index in [9.17, 15) is 14.4 Å². The van der Waals surface area contributed by atoms with Crippen LogP contribution in [0.1, 0.15) is 12.5 Å². The topological polar surface area (TPSA) is 97.0 Å². The summed E-state index contributed by atoms with van der Waals surface area (Å²) in [7, 11) is 0. The molecule has 4 rings (SSSR count). The first kappa shape index (κ1) is 16.9. The van der Waals surface area contributed by atoms with Crippen LogP contribution in [0.5, 0.6) is 11.5 Å². The number of urea groups is 1. The van der Waals surface area contributed by atoms with E-state index in [1.54, 1.807) is 49.4 Å². The number of carbonyl (C=O) groups excluding carboxylic acids is 3. The molecular formula is C19H17N3O5. The first-order chi connectivity index (χ1) is 13.0. The Morgan fingerprint density at radius 3 is 2.67 bits per heavy atom. The molecule has 1 atom stereocenters. The van der Waals surface area contributed by atoms with E-state index in [2.05, 4.69) is 10.6 Å². The smallest absolute Gasteiger partial charge is 0.325 e. The van der Waals surface area contributed by atoms with Gasteiger partial charge in [-0.2, -0.15) is 0 Å². The van der Waals surface area contributed by atoms with Crippen molar-refractivity contribution in [3.8, 4) is 11.5 Å². The molecule has 1 unspecified atom stereocenters. The molecule has 0 spiro atoms. The molecule has 2 aromatic carbocycles. The average molecular weight is 367 g/mol. The predicted molar refractivity (Wildman–Crippen MR) is 95.2 cm³/mol. The van der Waals surface area contributed by atoms with Gasteiger partial charge in [0, 0.05) is 5.69 Å². The lowest BCUT2D eigenvalue weighted by Gasteiger charge is -2.22. The van der Waals surface area contributed by atoms with Gasteiger partial charge in [0.05, 0.1) is 0 Å². The fourth-order valence-electron chi connectivity index (χ4n) is 3.11. The number of nitrogens with one attached hydrogen (secondary N) is 2. The molecule has 138 valence electrons. The van der Waals surface area contributed by atoms with Crippen molar-refractivity contribution in [3.05, 3.63) is 54.1 Å². The lowest BCUT2D eigenvalue weighted by atomic mass is 9.91. The summed E-state index contributed by atoms with van der Waals surface area (Å²) in [6, 6.07) is 13.2. The summed E-state index contributed by atoms with van der Waals surface area (Å²) in [6.07, 6.45) is 0. The molecule has 1 fully saturated rings. The third kappa shape index (κ3) is 2.95. The van der Waals surface area contributed by atoms with Crippen molar-refractivity contribution < 1.29 is 23.9 Å². The lowest BCUT2D eigenvalue weighted by Crippen LogP contribution is -2.42. The third-order valence-electron chi connectivity index (χ3n) is 4.58. The van der Waals surface area contributed by atoms with Crippen molar-refractivity contribution >= 4 is 23.5 Å². The summed E-state index contributed by atoms with van der Waals surface area (Å²) < 4.78 is 10.6. The van der Waals surface area contributed by atoms with Crippen LogP contribution in [-0.4, -0.2) is 36.1 Å². The summed E-state index contributed by atoms with van der Waals surface area (Å²) in [4.78, 5) is 38.4. The number of para-hydroxylation sites is 1. The van der Waals surface area contributed by atoms with Crippen molar-refractivity contribution in [1.82, 2.24) is 10.2 Å². The van der Waals surface area contributed by atoms with Gasteiger partial charge in [0.1, 0.15) is 12.1 Å². The van der Waals surface area contributed by atoms with Gasteiger partial charge in [0.15, 0.2) is 11.5 Å². The van der Waals surface area contributed by atoms with Crippen LogP contribution in [-0.2, 0) is 15.1 Å². The zero-order valence-corrected chi connectivity index (χ0v) is 14.5. The van der Waals surface area contributed by atoms with Gasteiger partial charge in [-0.3, -0.25) is 14.5 Å². The predicted octanol–water partition coefficient (Wildman–Crippen LogP) is 1.82. The maximum atomic E-state index is 12.9. The van der Waals surface area contributed by atoms with E-state index in [1.807, 2.05) is 6.07 Å². The highest BCUT2D eigenvalue weighted by Crippen LogP contribution is 2.37. The quantitative estimate of drug-likeness (QED) is 0.804. The first-order valence-electron chi connectivity index (χ1n) is 8.36. The fraction of sp³-hybridized carbons (Fsp3) is 0.211. The molecule has 2 heterocycles. The van der Waals surface area contributed by atoms with E-state index in [0.717, 1.165) is 4.90 Å². The summed E-state index contributed by atoms with van der Waals surface area (Å²) in [5.41, 5.74) is -0.144. The molecule has 0 aromatic heterocycles. The van der Waals surface area contributed by atoms with Crippen LogP contribution < -0.4 is 20.1 Å². The molecule has 0 bridgehead atoms. The maximum absolute atomic E-state index is 12.9. The molecule has 0 aliphatic carbocycles. The van der Waals surface area contributed by atoms with E-state index in [-0.39, 0.29) is 13.3 Å². The zero-order chi connectivity index (χ0) is 19.0. The van der Waals surface area contributed by atoms with Crippen molar-refractivity contribution in [2.75, 3.05) is 18.7 Å². The number of hydrogen-bond acceptors (Lipinski definition) is 5. The average Bonchev–Trinajstić information content (AvgIpc) is 3.21. The van der Waals surface area contributed by atoms with Gasteiger partial charge in [0.2, 0.25) is 12.7 Å². The van der Waals surface area contributed by atoms with E-state index >= 15 is 0 Å². The fourth-order valence-corrected chi connectivity index (χ4v) is 3.11. The highest BCUT2D eigenvalue weighted by molar-refractivity contribution is 6.10. The Bertz CT molecular complexity index is 930. The number of nitrogens with zero attached hydrogens (tertiary/aromatic N) is 1. The zero-order valence-electron chi connectivity index (χ0n) is 14.5. The molecule has 1 saturated heterocycles. The van der Waals surface area contributed by atoms with Crippen LogP contribution in [0.4, 0.5) is 10.5 Å². The van der Waals surface area contributed by atoms with Gasteiger partial charge >= 0.3 is 6.03 Å². The van der Waals surface area contributed by atoms with Crippen LogP contribution in [0.15, 0.2) is 48.5 Å². The van der Waals surface area contributed by atoms with Crippen molar-refractivity contribution in [2.45, 2.75) is 12.5 Å². The Morgan fingerprint density at radius 2 is 1.89 bits per heavy atom. The first-order valence-corrected chi connectivity index (χ1v) is 8.36. The van der Waals surface area contributed by atoms with Gasteiger partial charge in [-0.25, -0.2) is 4.79 Å². The number of rotatable bonds is 4. The van der Waals surface area contributed by atoms with E-state index < -0.39 is 23.4 Å². The van der Waals surface area contributed by atoms with E-state index in [1.165, 1.54) is 0 Å². The number of carbonyl (C=O) groups is 3. The SMILES string of the molecule is CC1(c2ccc3c(c2)OCO3)NC(=O)N(CC(=O)Nc2ccccc2)C1=O. The summed E-state index contributed by atoms with van der Waals surface area (Å²) in [5.74, 6) is 0.128. The minimum absolute atomic E-state index is 0.113. The van der Waals surface area contributed by atoms with Crippen LogP contribution in [0, 0.1) is 0 Å². The number of benzene rings is 2. The highest BCUT2D eigenvalue weighted by Gasteiger charge is 2.49. The Labute approximate surface area is 155 Å². The molecular weight excluding hydrogens is 350 g/mol. The van der Waals surface area contributed by atoms with Crippen molar-refractivity contribution in [3.63, 3.8) is 0 Å². The second-order valence-electron chi connectivity index (χ2n) is 6.43. The number of fused-ring (bicyclic) bond motifs is 1. The number of amides is 4. The highest BCUT2D eigenvalue weighted by atomic mass is 16.7. The lowest BCUT2D eigenvalue weighted by molar-refractivity contribution is -0.133. The summed E-state index contributed by atoms with van der Waals surface area (Å²) >= 11 is 0. The Hall–Kier alpha value is -3.55. The van der Waals surface area contributed by atoms with Gasteiger partial charge in [-0.05, 0) is 36.8 Å². The molecule has 27 heavy (non-hydrogen) atoms. The monoisotopic (exact) mass is 367 g/mol. The second-order valence-corrected chi connectivity index (χ2v) is 6.43. The van der Waals surface area contributed by atoms with Crippen LogP contribution in [0.25, 0.3) is 0 Å². The minimum atomic E-state index is -1.29. The van der Waals surface area contributed by atoms with Gasteiger partial charge in [-0.1, -0.05) is 24.3 Å². The standard InChI is InChI=1S/C19H17N3O5/c1-19(12-7-8-14-15(9-12)27-11-26-14)17(24)22(18(25)21-19)10-16(23)20-13-5-3-2-4-6-13/h2-9H,10-11H2,1H3,(H,20,23)(H,21,25). The Balaban J connectivity index is 1.52. The number of ether oxygens (including phenoxy) is 2. The largest absolute Gasteiger partial charge is 0.454 e. The number of hydrogen-bond donors (Lipinski definition) is 2. The summed E-state index contributed by atoms with van der Waals surface area (Å²) in [6.45, 7) is 1.33. The molecule has 8 nitrogen and oxygen atoms in total. The van der Waals surface area contributed by atoms with Crippen molar-refractivity contribution in [1.29, 1.82) is 0 Å². The molecule has 0 saturated carbocycles. The number of imide groups is 1. The van der Waals surface area contributed by atoms with Crippen LogP contribution in [0.3, 0.4) is 0 Å². The van der Waals surface area contributed by atoms with Crippen LogP contribution >= 0.6 is 0 Å². The maximum Gasteiger partial charge on any atom is 0.325 e. The molecule has 2 aliphatic heterocycles. The van der Waals surface area contributed by atoms with E-state index in [0.29, 0.717) is 22.7 Å². The third-order valence-corrected chi connectivity index (χ3v) is 4.58. The van der Waals surface area contributed by atoms with Gasteiger partial charge in [0.25, 0.3) is 5.91 Å². The van der Waals surface area contributed by atoms with Gasteiger partial charge < -0.3 is 20.1 Å². The molecule has 0 radical (unpaired) electrons. The Morgan fingerprint density at radius 1 is 1.15 bits per heavy atom. The molecule has 2 N–H and O–H groups in total. The second kappa shape index (κ2) is 6.31. The summed E-state index contributed by atoms with van der Waals surface area (Å²) in [5, 5.41) is 5.33. The van der Waals surface area contributed by atoms with Gasteiger partial charge in [-0.15, -0.1) is 0 Å². The molecule has 8 heteroatoms. The van der Waals surface area contributed by atoms with E-state index in [4.69, 9.17) is 9.47 Å². The normalized spacial score (nSPS) is 20.6. The number of anilines is 1. The minimum Gasteiger partial charge on any atom is -0.454 e. The molecule has 2 aromatic rings. The molecule has 4 amide bonds. The molecule has 2 aliphatic rings.